The number of ketones is 1. The number of ether oxygens (including phenoxy) is 1. The van der Waals surface area contributed by atoms with Crippen molar-refractivity contribution in [3.8, 4) is 5.75 Å². The van der Waals surface area contributed by atoms with Gasteiger partial charge >= 0.3 is 5.63 Å². The third-order valence-corrected chi connectivity index (χ3v) is 7.78. The Morgan fingerprint density at radius 1 is 1.00 bits per heavy atom. The topological polar surface area (TPSA) is 59.8 Å². The molecule has 5 nitrogen and oxygen atoms in total. The molecule has 0 fully saturated rings. The van der Waals surface area contributed by atoms with Crippen molar-refractivity contribution in [2.75, 3.05) is 20.2 Å². The highest BCUT2D eigenvalue weighted by Crippen LogP contribution is 2.28. The lowest BCUT2D eigenvalue weighted by atomic mass is 9.97. The van der Waals surface area contributed by atoms with Crippen molar-refractivity contribution in [2.45, 2.75) is 59.9 Å². The smallest absolute Gasteiger partial charge is 0.339 e. The normalized spacial score (nSPS) is 12.0. The van der Waals surface area contributed by atoms with Gasteiger partial charge in [-0.2, -0.15) is 0 Å². The van der Waals surface area contributed by atoms with Crippen molar-refractivity contribution in [1.29, 1.82) is 0 Å². The Hall–Kier alpha value is -3.96. The van der Waals surface area contributed by atoms with Gasteiger partial charge in [-0.1, -0.05) is 54.1 Å². The molecule has 4 aromatic rings. The number of hydrogen-bond acceptors (Lipinski definition) is 5. The van der Waals surface area contributed by atoms with Crippen LogP contribution < -0.4 is 10.4 Å². The van der Waals surface area contributed by atoms with E-state index in [0.29, 0.717) is 35.1 Å². The minimum absolute atomic E-state index is 0.00433. The Morgan fingerprint density at radius 3 is 2.49 bits per heavy atom. The molecule has 0 saturated heterocycles. The lowest BCUT2D eigenvalue weighted by Gasteiger charge is -2.25. The quantitative estimate of drug-likeness (QED) is 0.0778. The van der Waals surface area contributed by atoms with Crippen molar-refractivity contribution in [2.24, 2.45) is 0 Å². The highest BCUT2D eigenvalue weighted by molar-refractivity contribution is 5.98. The van der Waals surface area contributed by atoms with Gasteiger partial charge in [-0.05, 0) is 95.5 Å². The molecule has 0 aliphatic heterocycles. The summed E-state index contributed by atoms with van der Waals surface area (Å²) in [4.78, 5) is 28.3. The van der Waals surface area contributed by atoms with Crippen molar-refractivity contribution in [1.82, 2.24) is 4.90 Å². The molecule has 1 heterocycles. The van der Waals surface area contributed by atoms with Crippen molar-refractivity contribution >= 4 is 16.8 Å². The standard InChI is InChI=1S/C36H41NO4/c1-24(2)13-15-29-21-30(16-14-25(29)3)33(38)23-32-22-31-17-18-34(26(4)35(31)41-36(32)39)40-20-10-19-37(6)27(5)28-11-8-7-9-12-28/h7-9,11-14,16-18,21-22,27H,10,15,19-20,23H2,1-6H3. The molecular weight excluding hydrogens is 510 g/mol. The van der Waals surface area contributed by atoms with E-state index < -0.39 is 5.63 Å². The van der Waals surface area contributed by atoms with Crippen LogP contribution in [0.15, 0.2) is 87.6 Å². The van der Waals surface area contributed by atoms with Crippen LogP contribution in [0.2, 0.25) is 0 Å². The van der Waals surface area contributed by atoms with Crippen LogP contribution >= 0.6 is 0 Å². The monoisotopic (exact) mass is 551 g/mol. The number of fused-ring (bicyclic) bond motifs is 1. The summed E-state index contributed by atoms with van der Waals surface area (Å²) in [5.74, 6) is 0.602. The fraction of sp³-hybridized carbons (Fsp3) is 0.333. The first-order valence-electron chi connectivity index (χ1n) is 14.3. The first-order chi connectivity index (χ1) is 19.6. The summed E-state index contributed by atoms with van der Waals surface area (Å²) in [6.07, 6.45) is 3.79. The van der Waals surface area contributed by atoms with Gasteiger partial charge in [0, 0.05) is 41.1 Å². The van der Waals surface area contributed by atoms with Gasteiger partial charge in [0.2, 0.25) is 0 Å². The molecule has 0 N–H and O–H groups in total. The molecule has 3 aromatic carbocycles. The molecule has 1 unspecified atom stereocenters. The molecule has 0 spiro atoms. The van der Waals surface area contributed by atoms with Crippen LogP contribution in [-0.2, 0) is 12.8 Å². The average Bonchev–Trinajstić information content (AvgIpc) is 2.96. The van der Waals surface area contributed by atoms with E-state index in [1.54, 1.807) is 6.07 Å². The molecule has 0 aliphatic rings. The van der Waals surface area contributed by atoms with Crippen LogP contribution in [0.4, 0.5) is 0 Å². The fourth-order valence-electron chi connectivity index (χ4n) is 4.96. The Kier molecular flexibility index (Phi) is 9.95. The van der Waals surface area contributed by atoms with Crippen LogP contribution in [0.1, 0.15) is 71.4 Å². The molecule has 4 rings (SSSR count). The fourth-order valence-corrected chi connectivity index (χ4v) is 4.96. The average molecular weight is 552 g/mol. The molecule has 41 heavy (non-hydrogen) atoms. The predicted octanol–water partition coefficient (Wildman–Crippen LogP) is 7.81. The first-order valence-corrected chi connectivity index (χ1v) is 14.3. The second-order valence-corrected chi connectivity index (χ2v) is 11.2. The Bertz CT molecular complexity index is 1600. The molecule has 0 saturated carbocycles. The number of aryl methyl sites for hydroxylation is 2. The Labute approximate surface area is 243 Å². The van der Waals surface area contributed by atoms with E-state index >= 15 is 0 Å². The molecule has 0 aliphatic carbocycles. The van der Waals surface area contributed by atoms with Gasteiger partial charge in [0.05, 0.1) is 6.61 Å². The summed E-state index contributed by atoms with van der Waals surface area (Å²) in [5, 5.41) is 0.779. The first kappa shape index (κ1) is 30.0. The van der Waals surface area contributed by atoms with E-state index in [9.17, 15) is 9.59 Å². The van der Waals surface area contributed by atoms with Crippen molar-refractivity contribution in [3.63, 3.8) is 0 Å². The summed E-state index contributed by atoms with van der Waals surface area (Å²) in [7, 11) is 2.12. The number of nitrogens with zero attached hydrogens (tertiary/aromatic N) is 1. The summed E-state index contributed by atoms with van der Waals surface area (Å²) in [5.41, 5.74) is 6.55. The van der Waals surface area contributed by atoms with E-state index in [0.717, 1.165) is 41.5 Å². The zero-order valence-corrected chi connectivity index (χ0v) is 25.1. The third kappa shape index (κ3) is 7.62. The van der Waals surface area contributed by atoms with E-state index in [2.05, 4.69) is 63.1 Å². The minimum atomic E-state index is -0.487. The number of benzene rings is 3. The molecule has 0 radical (unpaired) electrons. The predicted molar refractivity (Wildman–Crippen MR) is 167 cm³/mol. The largest absolute Gasteiger partial charge is 0.493 e. The van der Waals surface area contributed by atoms with Crippen LogP contribution in [0.3, 0.4) is 0 Å². The van der Waals surface area contributed by atoms with Gasteiger partial charge in [-0.25, -0.2) is 4.79 Å². The summed E-state index contributed by atoms with van der Waals surface area (Å²) in [6, 6.07) is 22.1. The van der Waals surface area contributed by atoms with E-state index in [4.69, 9.17) is 9.15 Å². The Morgan fingerprint density at radius 2 is 1.76 bits per heavy atom. The SMILES string of the molecule is CC(C)=CCc1cc(C(=O)Cc2cc3ccc(OCCCN(C)C(C)c4ccccc4)c(C)c3oc2=O)ccc1C. The molecule has 0 bridgehead atoms. The summed E-state index contributed by atoms with van der Waals surface area (Å²) in [6.45, 7) is 11.7. The van der Waals surface area contributed by atoms with Crippen LogP contribution in [0.5, 0.6) is 5.75 Å². The molecule has 1 atom stereocenters. The zero-order chi connectivity index (χ0) is 29.5. The van der Waals surface area contributed by atoms with Gasteiger partial charge in [0.15, 0.2) is 5.78 Å². The zero-order valence-electron chi connectivity index (χ0n) is 25.1. The maximum Gasteiger partial charge on any atom is 0.339 e. The highest BCUT2D eigenvalue weighted by Gasteiger charge is 2.16. The molecule has 5 heteroatoms. The van der Waals surface area contributed by atoms with Crippen LogP contribution in [-0.4, -0.2) is 30.9 Å². The van der Waals surface area contributed by atoms with Gasteiger partial charge in [0.25, 0.3) is 0 Å². The number of allylic oxidation sites excluding steroid dienone is 2. The summed E-state index contributed by atoms with van der Waals surface area (Å²) >= 11 is 0. The Balaban J connectivity index is 1.41. The molecule has 0 amide bonds. The van der Waals surface area contributed by atoms with Gasteiger partial charge in [-0.15, -0.1) is 0 Å². The van der Waals surface area contributed by atoms with E-state index in [1.165, 1.54) is 11.1 Å². The minimum Gasteiger partial charge on any atom is -0.493 e. The van der Waals surface area contributed by atoms with E-state index in [-0.39, 0.29) is 12.2 Å². The van der Waals surface area contributed by atoms with Crippen molar-refractivity contribution in [3.05, 3.63) is 122 Å². The lowest BCUT2D eigenvalue weighted by Crippen LogP contribution is -2.24. The lowest BCUT2D eigenvalue weighted by molar-refractivity contribution is 0.0992. The van der Waals surface area contributed by atoms with Gasteiger partial charge < -0.3 is 9.15 Å². The second-order valence-electron chi connectivity index (χ2n) is 11.2. The van der Waals surface area contributed by atoms with E-state index in [1.807, 2.05) is 50.2 Å². The number of rotatable bonds is 12. The number of carbonyl (C=O) groups is 1. The third-order valence-electron chi connectivity index (χ3n) is 7.78. The van der Waals surface area contributed by atoms with Crippen molar-refractivity contribution < 1.29 is 13.9 Å². The molecular formula is C36H41NO4. The van der Waals surface area contributed by atoms with Crippen LogP contribution in [0.25, 0.3) is 11.0 Å². The second kappa shape index (κ2) is 13.6. The maximum atomic E-state index is 13.1. The van der Waals surface area contributed by atoms with Gasteiger partial charge in [-0.3, -0.25) is 9.69 Å². The summed E-state index contributed by atoms with van der Waals surface area (Å²) < 4.78 is 11.8. The molecule has 214 valence electrons. The number of carbonyl (C=O) groups excluding carboxylic acids is 1. The number of hydrogen-bond donors (Lipinski definition) is 0. The van der Waals surface area contributed by atoms with Gasteiger partial charge in [0.1, 0.15) is 11.3 Å². The van der Waals surface area contributed by atoms with Crippen LogP contribution in [0, 0.1) is 13.8 Å². The highest BCUT2D eigenvalue weighted by atomic mass is 16.5. The number of Topliss-reactive ketones (excluding diaryl/α,β-unsaturated/α-hetero) is 1. The maximum absolute atomic E-state index is 13.1. The molecule has 1 aromatic heterocycles.